The van der Waals surface area contributed by atoms with Crippen molar-refractivity contribution in [3.63, 3.8) is 0 Å². The van der Waals surface area contributed by atoms with Crippen LogP contribution in [0.3, 0.4) is 0 Å². The van der Waals surface area contributed by atoms with Crippen LogP contribution < -0.4 is 5.32 Å². The highest BCUT2D eigenvalue weighted by atomic mass is 16.6. The van der Waals surface area contributed by atoms with Crippen LogP contribution in [0.5, 0.6) is 0 Å². The molecular formula is C12H21NO6. The molecule has 0 aromatic carbocycles. The summed E-state index contributed by atoms with van der Waals surface area (Å²) in [4.78, 5) is 33.3. The third kappa shape index (κ3) is 8.87. The Morgan fingerprint density at radius 2 is 1.84 bits per heavy atom. The van der Waals surface area contributed by atoms with E-state index in [1.54, 1.807) is 20.8 Å². The normalized spacial score (nSPS) is 12.4. The van der Waals surface area contributed by atoms with Gasteiger partial charge in [0.25, 0.3) is 0 Å². The molecule has 1 amide bonds. The van der Waals surface area contributed by atoms with Crippen molar-refractivity contribution in [2.45, 2.75) is 39.2 Å². The van der Waals surface area contributed by atoms with Gasteiger partial charge >= 0.3 is 18.0 Å². The number of carboxylic acid groups (broad SMARTS) is 1. The third-order valence-electron chi connectivity index (χ3n) is 2.17. The predicted molar refractivity (Wildman–Crippen MR) is 66.6 cm³/mol. The number of methoxy groups -OCH3 is 1. The van der Waals surface area contributed by atoms with Crippen molar-refractivity contribution in [1.29, 1.82) is 0 Å². The van der Waals surface area contributed by atoms with E-state index in [1.807, 2.05) is 0 Å². The smallest absolute Gasteiger partial charge is 0.407 e. The number of carbonyl (C=O) groups is 3. The molecule has 110 valence electrons. The van der Waals surface area contributed by atoms with Gasteiger partial charge in [0, 0.05) is 13.0 Å². The molecule has 0 saturated heterocycles. The molecule has 0 saturated carbocycles. The van der Waals surface area contributed by atoms with E-state index in [-0.39, 0.29) is 19.4 Å². The summed E-state index contributed by atoms with van der Waals surface area (Å²) in [5.74, 6) is -2.42. The number of alkyl carbamates (subject to hydrolysis) is 1. The van der Waals surface area contributed by atoms with Crippen LogP contribution in [0.2, 0.25) is 0 Å². The number of carbonyl (C=O) groups excluding carboxylic acids is 2. The quantitative estimate of drug-likeness (QED) is 0.705. The van der Waals surface area contributed by atoms with Gasteiger partial charge in [0.05, 0.1) is 13.0 Å². The Balaban J connectivity index is 4.18. The average Bonchev–Trinajstić information content (AvgIpc) is 2.25. The van der Waals surface area contributed by atoms with Crippen LogP contribution in [0.4, 0.5) is 4.79 Å². The van der Waals surface area contributed by atoms with E-state index in [0.29, 0.717) is 0 Å². The summed E-state index contributed by atoms with van der Waals surface area (Å²) < 4.78 is 9.41. The van der Waals surface area contributed by atoms with E-state index in [4.69, 9.17) is 9.84 Å². The molecule has 0 spiro atoms. The lowest BCUT2D eigenvalue weighted by atomic mass is 10.0. The largest absolute Gasteiger partial charge is 0.481 e. The minimum Gasteiger partial charge on any atom is -0.481 e. The van der Waals surface area contributed by atoms with Gasteiger partial charge in [-0.3, -0.25) is 9.59 Å². The van der Waals surface area contributed by atoms with Crippen molar-refractivity contribution in [2.24, 2.45) is 5.92 Å². The Labute approximate surface area is 112 Å². The van der Waals surface area contributed by atoms with Crippen molar-refractivity contribution in [2.75, 3.05) is 13.7 Å². The molecule has 0 rings (SSSR count). The Morgan fingerprint density at radius 1 is 1.26 bits per heavy atom. The minimum absolute atomic E-state index is 0.0105. The predicted octanol–water partition coefficient (Wildman–Crippen LogP) is 1.17. The van der Waals surface area contributed by atoms with E-state index in [0.717, 1.165) is 0 Å². The van der Waals surface area contributed by atoms with Crippen molar-refractivity contribution in [1.82, 2.24) is 5.32 Å². The Morgan fingerprint density at radius 3 is 2.26 bits per heavy atom. The number of esters is 1. The zero-order valence-electron chi connectivity index (χ0n) is 11.7. The van der Waals surface area contributed by atoms with Gasteiger partial charge in [0.15, 0.2) is 0 Å². The van der Waals surface area contributed by atoms with Crippen LogP contribution in [-0.4, -0.2) is 42.4 Å². The van der Waals surface area contributed by atoms with Crippen LogP contribution in [0.15, 0.2) is 0 Å². The number of hydrogen-bond donors (Lipinski definition) is 2. The van der Waals surface area contributed by atoms with E-state index >= 15 is 0 Å². The molecule has 2 N–H and O–H groups in total. The lowest BCUT2D eigenvalue weighted by Gasteiger charge is -2.20. The summed E-state index contributed by atoms with van der Waals surface area (Å²) in [5.41, 5.74) is -0.644. The van der Waals surface area contributed by atoms with Gasteiger partial charge in [0.1, 0.15) is 5.60 Å². The van der Waals surface area contributed by atoms with E-state index < -0.39 is 29.6 Å². The topological polar surface area (TPSA) is 102 Å². The summed E-state index contributed by atoms with van der Waals surface area (Å²) in [7, 11) is 1.23. The Bertz CT molecular complexity index is 334. The molecule has 0 aliphatic heterocycles. The molecule has 0 aromatic rings. The molecule has 7 heteroatoms. The van der Waals surface area contributed by atoms with Crippen molar-refractivity contribution in [3.05, 3.63) is 0 Å². The molecule has 0 aliphatic rings. The molecule has 1 atom stereocenters. The number of rotatable bonds is 6. The molecule has 7 nitrogen and oxygen atoms in total. The summed E-state index contributed by atoms with van der Waals surface area (Å²) in [5, 5.41) is 11.3. The van der Waals surface area contributed by atoms with Crippen LogP contribution in [0, 0.1) is 5.92 Å². The standard InChI is InChI=1S/C12H21NO6/c1-12(2,3)19-11(17)13-7-8(10(15)16)5-6-9(14)18-4/h8H,5-7H2,1-4H3,(H,13,17)(H,15,16). The van der Waals surface area contributed by atoms with Gasteiger partial charge in [-0.25, -0.2) is 4.79 Å². The molecule has 0 aromatic heterocycles. The molecule has 0 radical (unpaired) electrons. The number of aliphatic carboxylic acids is 1. The molecule has 0 fully saturated rings. The second-order valence-electron chi connectivity index (χ2n) is 5.03. The first-order valence-corrected chi connectivity index (χ1v) is 5.92. The summed E-state index contributed by atoms with van der Waals surface area (Å²) in [6.45, 7) is 5.02. The fourth-order valence-corrected chi connectivity index (χ4v) is 1.23. The van der Waals surface area contributed by atoms with E-state index in [1.165, 1.54) is 7.11 Å². The highest BCUT2D eigenvalue weighted by molar-refractivity contribution is 5.74. The van der Waals surface area contributed by atoms with Crippen LogP contribution in [-0.2, 0) is 19.1 Å². The maximum absolute atomic E-state index is 11.4. The first kappa shape index (κ1) is 17.2. The number of hydrogen-bond acceptors (Lipinski definition) is 5. The average molecular weight is 275 g/mol. The van der Waals surface area contributed by atoms with Crippen molar-refractivity contribution >= 4 is 18.0 Å². The number of ether oxygens (including phenoxy) is 2. The fraction of sp³-hybridized carbons (Fsp3) is 0.750. The molecule has 0 bridgehead atoms. The highest BCUT2D eigenvalue weighted by Crippen LogP contribution is 2.09. The maximum Gasteiger partial charge on any atom is 0.407 e. The second-order valence-corrected chi connectivity index (χ2v) is 5.03. The molecule has 0 aliphatic carbocycles. The number of nitrogens with one attached hydrogen (secondary N) is 1. The zero-order chi connectivity index (χ0) is 15.1. The molecule has 19 heavy (non-hydrogen) atoms. The minimum atomic E-state index is -1.08. The maximum atomic E-state index is 11.4. The first-order chi connectivity index (χ1) is 8.65. The van der Waals surface area contributed by atoms with E-state index in [9.17, 15) is 14.4 Å². The highest BCUT2D eigenvalue weighted by Gasteiger charge is 2.22. The van der Waals surface area contributed by atoms with Gasteiger partial charge in [0.2, 0.25) is 0 Å². The SMILES string of the molecule is COC(=O)CCC(CNC(=O)OC(C)(C)C)C(=O)O. The van der Waals surface area contributed by atoms with Gasteiger partial charge in [-0.05, 0) is 27.2 Å². The van der Waals surface area contributed by atoms with Crippen LogP contribution >= 0.6 is 0 Å². The van der Waals surface area contributed by atoms with Gasteiger partial charge in [-0.1, -0.05) is 0 Å². The summed E-state index contributed by atoms with van der Waals surface area (Å²) >= 11 is 0. The Hall–Kier alpha value is -1.79. The second kappa shape index (κ2) is 7.60. The lowest BCUT2D eigenvalue weighted by Crippen LogP contribution is -2.37. The molecule has 1 unspecified atom stereocenters. The van der Waals surface area contributed by atoms with Crippen molar-refractivity contribution in [3.8, 4) is 0 Å². The first-order valence-electron chi connectivity index (χ1n) is 5.92. The van der Waals surface area contributed by atoms with Gasteiger partial charge < -0.3 is 19.9 Å². The third-order valence-corrected chi connectivity index (χ3v) is 2.17. The van der Waals surface area contributed by atoms with Gasteiger partial charge in [-0.2, -0.15) is 0 Å². The molecular weight excluding hydrogens is 254 g/mol. The Kier molecular flexibility index (Phi) is 6.89. The van der Waals surface area contributed by atoms with Crippen LogP contribution in [0.1, 0.15) is 33.6 Å². The van der Waals surface area contributed by atoms with Crippen LogP contribution in [0.25, 0.3) is 0 Å². The summed E-state index contributed by atoms with van der Waals surface area (Å²) in [6, 6.07) is 0. The van der Waals surface area contributed by atoms with Gasteiger partial charge in [-0.15, -0.1) is 0 Å². The number of amides is 1. The lowest BCUT2D eigenvalue weighted by molar-refractivity contribution is -0.143. The molecule has 0 heterocycles. The zero-order valence-corrected chi connectivity index (χ0v) is 11.7. The monoisotopic (exact) mass is 275 g/mol. The number of carboxylic acids is 1. The fourth-order valence-electron chi connectivity index (χ4n) is 1.23. The summed E-state index contributed by atoms with van der Waals surface area (Å²) in [6.07, 6.45) is -0.599. The van der Waals surface area contributed by atoms with Crippen molar-refractivity contribution < 1.29 is 29.0 Å². The van der Waals surface area contributed by atoms with E-state index in [2.05, 4.69) is 10.1 Å².